The van der Waals surface area contributed by atoms with Crippen LogP contribution in [0.3, 0.4) is 0 Å². The molecule has 0 unspecified atom stereocenters. The van der Waals surface area contributed by atoms with Gasteiger partial charge in [0.05, 0.1) is 11.4 Å². The van der Waals surface area contributed by atoms with Crippen LogP contribution in [0.4, 0.5) is 5.69 Å². The summed E-state index contributed by atoms with van der Waals surface area (Å²) >= 11 is 0. The molecule has 1 aliphatic rings. The number of ether oxygens (including phenoxy) is 2. The van der Waals surface area contributed by atoms with Crippen LogP contribution in [-0.2, 0) is 0 Å². The predicted molar refractivity (Wildman–Crippen MR) is 87.0 cm³/mol. The van der Waals surface area contributed by atoms with Crippen LogP contribution in [0.2, 0.25) is 0 Å². The van der Waals surface area contributed by atoms with Crippen molar-refractivity contribution >= 4 is 22.4 Å². The maximum absolute atomic E-state index is 7.48. The van der Waals surface area contributed by atoms with E-state index in [9.17, 15) is 0 Å². The molecule has 114 valence electrons. The third kappa shape index (κ3) is 2.55. The molecule has 2 aromatic carbocycles. The van der Waals surface area contributed by atoms with Crippen molar-refractivity contribution in [1.29, 1.82) is 5.41 Å². The number of fused-ring (bicyclic) bond motifs is 2. The van der Waals surface area contributed by atoms with Crippen molar-refractivity contribution in [2.45, 2.75) is 13.2 Å². The Morgan fingerprint density at radius 2 is 1.87 bits per heavy atom. The highest BCUT2D eigenvalue weighted by Crippen LogP contribution is 2.39. The van der Waals surface area contributed by atoms with Crippen molar-refractivity contribution in [1.82, 2.24) is 9.97 Å². The Bertz CT molecular complexity index is 885. The van der Waals surface area contributed by atoms with Crippen LogP contribution in [-0.4, -0.2) is 15.8 Å². The van der Waals surface area contributed by atoms with Gasteiger partial charge in [-0.3, -0.25) is 5.41 Å². The lowest BCUT2D eigenvalue weighted by Gasteiger charge is -2.10. The molecule has 6 heteroatoms. The molecular formula is C17H14N4O2. The zero-order valence-corrected chi connectivity index (χ0v) is 12.4. The summed E-state index contributed by atoms with van der Waals surface area (Å²) in [5, 5.41) is 11.3. The molecule has 0 radical (unpaired) electrons. The van der Waals surface area contributed by atoms with E-state index in [0.29, 0.717) is 23.2 Å². The summed E-state index contributed by atoms with van der Waals surface area (Å²) in [5.41, 5.74) is 1.63. The summed E-state index contributed by atoms with van der Waals surface area (Å²) in [5.74, 6) is 2.26. The van der Waals surface area contributed by atoms with Crippen LogP contribution in [0.25, 0.3) is 10.9 Å². The number of nitrogens with zero attached hydrogens (tertiary/aromatic N) is 2. The van der Waals surface area contributed by atoms with Gasteiger partial charge in [0.1, 0.15) is 0 Å². The van der Waals surface area contributed by atoms with Gasteiger partial charge in [-0.05, 0) is 37.3 Å². The summed E-state index contributed by atoms with van der Waals surface area (Å²) in [6.45, 7) is 1.69. The standard InChI is InChI=1S/C17H14N4O2/c1-10(18)20-12-6-7-13-11(8-12)9-19-16(21-13)17-22-14-4-2-3-5-15(14)23-17/h2-9,17H,1H3,(H2,18,20). The molecule has 2 N–H and O–H groups in total. The van der Waals surface area contributed by atoms with E-state index in [0.717, 1.165) is 16.6 Å². The number of amidine groups is 1. The molecule has 0 aliphatic carbocycles. The second-order valence-corrected chi connectivity index (χ2v) is 5.27. The molecule has 0 saturated heterocycles. The monoisotopic (exact) mass is 306 g/mol. The van der Waals surface area contributed by atoms with Crippen LogP contribution in [0.5, 0.6) is 11.5 Å². The molecule has 0 fully saturated rings. The molecule has 0 amide bonds. The maximum Gasteiger partial charge on any atom is 0.302 e. The molecule has 1 aliphatic heterocycles. The van der Waals surface area contributed by atoms with Gasteiger partial charge >= 0.3 is 6.29 Å². The van der Waals surface area contributed by atoms with E-state index in [4.69, 9.17) is 14.9 Å². The van der Waals surface area contributed by atoms with Crippen LogP contribution < -0.4 is 14.8 Å². The van der Waals surface area contributed by atoms with Crippen molar-refractivity contribution in [3.63, 3.8) is 0 Å². The van der Waals surface area contributed by atoms with Crippen molar-refractivity contribution < 1.29 is 9.47 Å². The largest absolute Gasteiger partial charge is 0.444 e. The van der Waals surface area contributed by atoms with Gasteiger partial charge in [-0.1, -0.05) is 12.1 Å². The third-order valence-electron chi connectivity index (χ3n) is 3.46. The number of hydrogen-bond donors (Lipinski definition) is 2. The average molecular weight is 306 g/mol. The molecular weight excluding hydrogens is 292 g/mol. The molecule has 1 aromatic heterocycles. The fourth-order valence-corrected chi connectivity index (χ4v) is 2.46. The van der Waals surface area contributed by atoms with Gasteiger partial charge in [0, 0.05) is 17.3 Å². The van der Waals surface area contributed by atoms with E-state index in [1.54, 1.807) is 13.1 Å². The fourth-order valence-electron chi connectivity index (χ4n) is 2.46. The number of nitrogens with one attached hydrogen (secondary N) is 2. The van der Waals surface area contributed by atoms with Crippen molar-refractivity contribution in [2.75, 3.05) is 5.32 Å². The first-order valence-corrected chi connectivity index (χ1v) is 7.20. The van der Waals surface area contributed by atoms with Gasteiger partial charge in [-0.2, -0.15) is 0 Å². The molecule has 0 saturated carbocycles. The Morgan fingerprint density at radius 1 is 1.13 bits per heavy atom. The molecule has 0 spiro atoms. The van der Waals surface area contributed by atoms with Crippen molar-refractivity contribution in [3.05, 3.63) is 54.5 Å². The van der Waals surface area contributed by atoms with Crippen LogP contribution in [0, 0.1) is 5.41 Å². The first-order chi connectivity index (χ1) is 11.2. The molecule has 0 bridgehead atoms. The Kier molecular flexibility index (Phi) is 3.08. The SMILES string of the molecule is CC(=N)Nc1ccc2nc(C3Oc4ccccc4O3)ncc2c1. The van der Waals surface area contributed by atoms with Crippen LogP contribution in [0.1, 0.15) is 19.0 Å². The zero-order chi connectivity index (χ0) is 15.8. The first-order valence-electron chi connectivity index (χ1n) is 7.20. The zero-order valence-electron chi connectivity index (χ0n) is 12.4. The average Bonchev–Trinajstić information content (AvgIpc) is 2.98. The first kappa shape index (κ1) is 13.5. The minimum Gasteiger partial charge on any atom is -0.444 e. The van der Waals surface area contributed by atoms with E-state index in [2.05, 4.69) is 15.3 Å². The Morgan fingerprint density at radius 3 is 2.57 bits per heavy atom. The van der Waals surface area contributed by atoms with E-state index >= 15 is 0 Å². The topological polar surface area (TPSA) is 80.1 Å². The molecule has 2 heterocycles. The molecule has 4 rings (SSSR count). The third-order valence-corrected chi connectivity index (χ3v) is 3.46. The van der Waals surface area contributed by atoms with Crippen molar-refractivity contribution in [3.8, 4) is 11.5 Å². The highest BCUT2D eigenvalue weighted by atomic mass is 16.7. The van der Waals surface area contributed by atoms with E-state index in [1.807, 2.05) is 42.5 Å². The van der Waals surface area contributed by atoms with Gasteiger partial charge < -0.3 is 14.8 Å². The predicted octanol–water partition coefficient (Wildman–Crippen LogP) is 3.51. The van der Waals surface area contributed by atoms with E-state index in [1.165, 1.54) is 0 Å². The minimum absolute atomic E-state index is 0.382. The van der Waals surface area contributed by atoms with Crippen molar-refractivity contribution in [2.24, 2.45) is 0 Å². The van der Waals surface area contributed by atoms with Gasteiger partial charge in [-0.15, -0.1) is 0 Å². The summed E-state index contributed by atoms with van der Waals surface area (Å²) in [7, 11) is 0. The Labute approximate surface area is 132 Å². The maximum atomic E-state index is 7.48. The fraction of sp³-hybridized carbons (Fsp3) is 0.118. The normalized spacial score (nSPS) is 13.3. The van der Waals surface area contributed by atoms with Gasteiger partial charge in [0.25, 0.3) is 0 Å². The summed E-state index contributed by atoms with van der Waals surface area (Å²) in [6.07, 6.45) is 1.11. The Balaban J connectivity index is 1.64. The Hall–Kier alpha value is -3.15. The van der Waals surface area contributed by atoms with Gasteiger partial charge in [0.15, 0.2) is 11.5 Å². The lowest BCUT2D eigenvalue weighted by Crippen LogP contribution is -2.12. The summed E-state index contributed by atoms with van der Waals surface area (Å²) in [4.78, 5) is 8.87. The second kappa shape index (κ2) is 5.24. The van der Waals surface area contributed by atoms with Crippen LogP contribution >= 0.6 is 0 Å². The molecule has 0 atom stereocenters. The molecule has 6 nitrogen and oxygen atoms in total. The molecule has 23 heavy (non-hydrogen) atoms. The number of rotatable bonds is 2. The summed E-state index contributed by atoms with van der Waals surface area (Å²) < 4.78 is 11.5. The number of benzene rings is 2. The summed E-state index contributed by atoms with van der Waals surface area (Å²) in [6, 6.07) is 13.2. The minimum atomic E-state index is -0.626. The highest BCUT2D eigenvalue weighted by Gasteiger charge is 2.27. The number of anilines is 1. The molecule has 3 aromatic rings. The number of aromatic nitrogens is 2. The van der Waals surface area contributed by atoms with E-state index in [-0.39, 0.29) is 0 Å². The second-order valence-electron chi connectivity index (χ2n) is 5.27. The number of para-hydroxylation sites is 2. The lowest BCUT2D eigenvalue weighted by molar-refractivity contribution is 0.0407. The highest BCUT2D eigenvalue weighted by molar-refractivity contribution is 5.93. The smallest absolute Gasteiger partial charge is 0.302 e. The quantitative estimate of drug-likeness (QED) is 0.559. The lowest BCUT2D eigenvalue weighted by atomic mass is 10.2. The number of hydrogen-bond acceptors (Lipinski definition) is 5. The van der Waals surface area contributed by atoms with Crippen LogP contribution in [0.15, 0.2) is 48.7 Å². The van der Waals surface area contributed by atoms with Gasteiger partial charge in [0.2, 0.25) is 5.82 Å². The van der Waals surface area contributed by atoms with Gasteiger partial charge in [-0.25, -0.2) is 9.97 Å². The van der Waals surface area contributed by atoms with E-state index < -0.39 is 6.29 Å².